The topological polar surface area (TPSA) is 86.3 Å². The maximum atomic E-state index is 12.5. The summed E-state index contributed by atoms with van der Waals surface area (Å²) in [6.45, 7) is 6.07. The molecule has 2 N–H and O–H groups in total. The molecule has 2 heterocycles. The van der Waals surface area contributed by atoms with Crippen LogP contribution < -0.4 is 10.6 Å². The normalized spacial score (nSPS) is 19.9. The van der Waals surface area contributed by atoms with E-state index in [0.29, 0.717) is 35.0 Å². The third kappa shape index (κ3) is 4.94. The minimum atomic E-state index is 0.137. The first kappa shape index (κ1) is 19.5. The van der Waals surface area contributed by atoms with E-state index < -0.39 is 0 Å². The maximum absolute atomic E-state index is 12.5. The number of aromatic nitrogens is 3. The van der Waals surface area contributed by atoms with Crippen LogP contribution in [0.4, 0.5) is 0 Å². The lowest BCUT2D eigenvalue weighted by atomic mass is 9.92. The highest BCUT2D eigenvalue weighted by atomic mass is 32.2. The summed E-state index contributed by atoms with van der Waals surface area (Å²) in [5.41, 5.74) is 1.07. The molecule has 1 aromatic carbocycles. The molecule has 0 unspecified atom stereocenters. The van der Waals surface area contributed by atoms with E-state index in [9.17, 15) is 4.79 Å². The number of likely N-dealkylation sites (tertiary alicyclic amines) is 1. The third-order valence-corrected chi connectivity index (χ3v) is 5.73. The number of amides is 1. The molecular weight excluding hydrogens is 362 g/mol. The van der Waals surface area contributed by atoms with Crippen LogP contribution in [0.2, 0.25) is 0 Å². The van der Waals surface area contributed by atoms with E-state index in [4.69, 9.17) is 10.6 Å². The van der Waals surface area contributed by atoms with Gasteiger partial charge in [0.1, 0.15) is 5.75 Å². The smallest absolute Gasteiger partial charge is 0.233 e. The molecular formula is C19H27N5O2S. The number of methoxy groups -OCH3 is 1. The molecule has 0 radical (unpaired) electrons. The molecule has 1 aliphatic rings. The van der Waals surface area contributed by atoms with Crippen molar-refractivity contribution in [1.29, 1.82) is 0 Å². The number of ether oxygens (including phenoxy) is 1. The third-order valence-electron chi connectivity index (χ3n) is 4.80. The van der Waals surface area contributed by atoms with Gasteiger partial charge in [0, 0.05) is 19.5 Å². The Kier molecular flexibility index (Phi) is 6.26. The zero-order valence-corrected chi connectivity index (χ0v) is 16.9. The summed E-state index contributed by atoms with van der Waals surface area (Å²) in [7, 11) is 1.64. The van der Waals surface area contributed by atoms with Gasteiger partial charge >= 0.3 is 0 Å². The molecule has 3 rings (SSSR count). The van der Waals surface area contributed by atoms with Crippen LogP contribution in [0, 0.1) is 11.8 Å². The van der Waals surface area contributed by atoms with Crippen molar-refractivity contribution in [1.82, 2.24) is 19.8 Å². The molecule has 2 atom stereocenters. The summed E-state index contributed by atoms with van der Waals surface area (Å²) in [5, 5.41) is 8.89. The molecule has 8 heteroatoms. The number of nitrogens with two attached hydrogens (primary N) is 1. The summed E-state index contributed by atoms with van der Waals surface area (Å²) in [4.78, 5) is 14.5. The highest BCUT2D eigenvalue weighted by Gasteiger charge is 2.25. The van der Waals surface area contributed by atoms with Crippen molar-refractivity contribution >= 4 is 17.7 Å². The number of hydrogen-bond donors (Lipinski definition) is 1. The van der Waals surface area contributed by atoms with Gasteiger partial charge in [0.2, 0.25) is 11.1 Å². The Morgan fingerprint density at radius 1 is 1.22 bits per heavy atom. The van der Waals surface area contributed by atoms with Crippen molar-refractivity contribution in [3.8, 4) is 5.75 Å². The molecule has 0 aliphatic carbocycles. The average Bonchev–Trinajstić information content (AvgIpc) is 2.99. The number of carbonyl (C=O) groups is 1. The predicted octanol–water partition coefficient (Wildman–Crippen LogP) is 2.19. The van der Waals surface area contributed by atoms with Crippen LogP contribution in [-0.4, -0.2) is 51.6 Å². The van der Waals surface area contributed by atoms with Crippen LogP contribution in [0.25, 0.3) is 0 Å². The van der Waals surface area contributed by atoms with Gasteiger partial charge in [0.25, 0.3) is 0 Å². The lowest BCUT2D eigenvalue weighted by Crippen LogP contribution is -2.43. The molecule has 1 amide bonds. The Labute approximate surface area is 164 Å². The van der Waals surface area contributed by atoms with Gasteiger partial charge < -0.3 is 15.5 Å². The van der Waals surface area contributed by atoms with Gasteiger partial charge in [-0.25, -0.2) is 4.68 Å². The van der Waals surface area contributed by atoms with Crippen molar-refractivity contribution in [3.63, 3.8) is 0 Å². The second-order valence-electron chi connectivity index (χ2n) is 7.33. The van der Waals surface area contributed by atoms with E-state index in [-0.39, 0.29) is 5.91 Å². The van der Waals surface area contributed by atoms with E-state index in [1.165, 1.54) is 22.9 Å². The molecule has 1 fully saturated rings. The largest absolute Gasteiger partial charge is 0.497 e. The van der Waals surface area contributed by atoms with Crippen molar-refractivity contribution in [2.24, 2.45) is 11.8 Å². The number of rotatable bonds is 6. The van der Waals surface area contributed by atoms with Crippen molar-refractivity contribution in [3.05, 3.63) is 35.7 Å². The fourth-order valence-corrected chi connectivity index (χ4v) is 4.31. The van der Waals surface area contributed by atoms with Gasteiger partial charge in [-0.1, -0.05) is 37.7 Å². The number of nitrogens with zero attached hydrogens (tertiary/aromatic N) is 4. The molecule has 0 spiro atoms. The minimum absolute atomic E-state index is 0.137. The lowest BCUT2D eigenvalue weighted by molar-refractivity contribution is -0.130. The van der Waals surface area contributed by atoms with Gasteiger partial charge in [-0.05, 0) is 36.0 Å². The molecule has 2 aromatic rings. The Hall–Kier alpha value is -2.22. The van der Waals surface area contributed by atoms with Gasteiger partial charge in [0.15, 0.2) is 5.82 Å². The van der Waals surface area contributed by atoms with Gasteiger partial charge in [-0.2, -0.15) is 0 Å². The van der Waals surface area contributed by atoms with Gasteiger partial charge in [-0.15, -0.1) is 10.2 Å². The quantitative estimate of drug-likeness (QED) is 0.602. The summed E-state index contributed by atoms with van der Waals surface area (Å²) >= 11 is 1.34. The van der Waals surface area contributed by atoms with Crippen LogP contribution in [0.5, 0.6) is 5.75 Å². The van der Waals surface area contributed by atoms with Crippen LogP contribution in [0.3, 0.4) is 0 Å². The fraction of sp³-hybridized carbons (Fsp3) is 0.526. The van der Waals surface area contributed by atoms with E-state index in [0.717, 1.165) is 24.4 Å². The fourth-order valence-electron chi connectivity index (χ4n) is 3.54. The molecule has 1 aromatic heterocycles. The molecule has 1 saturated heterocycles. The first-order chi connectivity index (χ1) is 13.0. The summed E-state index contributed by atoms with van der Waals surface area (Å²) in [5.74, 6) is 9.18. The standard InChI is InChI=1S/C19H27N5O2S/c1-13-8-14(2)11-23(10-13)18(25)12-27-19-22-21-17(24(19)20)9-15-4-6-16(26-3)7-5-15/h4-7,13-14H,8-12,20H2,1-3H3/t13-,14-/m1/s1. The van der Waals surface area contributed by atoms with E-state index in [1.54, 1.807) is 7.11 Å². The highest BCUT2D eigenvalue weighted by molar-refractivity contribution is 7.99. The number of hydrogen-bond acceptors (Lipinski definition) is 6. The number of carbonyl (C=O) groups excluding carboxylic acids is 1. The Bertz CT molecular complexity index is 767. The van der Waals surface area contributed by atoms with E-state index in [2.05, 4.69) is 24.0 Å². The van der Waals surface area contributed by atoms with Crippen molar-refractivity contribution in [2.75, 3.05) is 31.8 Å². The van der Waals surface area contributed by atoms with Gasteiger partial charge in [0.05, 0.1) is 12.9 Å². The second-order valence-corrected chi connectivity index (χ2v) is 8.27. The summed E-state index contributed by atoms with van der Waals surface area (Å²) in [6.07, 6.45) is 1.76. The second kappa shape index (κ2) is 8.65. The molecule has 1 aliphatic heterocycles. The number of benzene rings is 1. The lowest BCUT2D eigenvalue weighted by Gasteiger charge is -2.34. The summed E-state index contributed by atoms with van der Waals surface area (Å²) in [6, 6.07) is 7.76. The number of piperidine rings is 1. The molecule has 146 valence electrons. The van der Waals surface area contributed by atoms with E-state index >= 15 is 0 Å². The highest BCUT2D eigenvalue weighted by Crippen LogP contribution is 2.23. The zero-order chi connectivity index (χ0) is 19.4. The van der Waals surface area contributed by atoms with E-state index in [1.807, 2.05) is 29.2 Å². The zero-order valence-electron chi connectivity index (χ0n) is 16.1. The molecule has 0 saturated carbocycles. The average molecular weight is 390 g/mol. The molecule has 0 bridgehead atoms. The number of nitrogen functional groups attached to an aromatic ring is 1. The summed E-state index contributed by atoms with van der Waals surface area (Å²) < 4.78 is 6.64. The van der Waals surface area contributed by atoms with Crippen LogP contribution >= 0.6 is 11.8 Å². The van der Waals surface area contributed by atoms with Crippen molar-refractivity contribution < 1.29 is 9.53 Å². The Morgan fingerprint density at radius 2 is 1.89 bits per heavy atom. The minimum Gasteiger partial charge on any atom is -0.497 e. The molecule has 7 nitrogen and oxygen atoms in total. The monoisotopic (exact) mass is 389 g/mol. The SMILES string of the molecule is COc1ccc(Cc2nnc(SCC(=O)N3C[C@H](C)C[C@@H](C)C3)n2N)cc1. The predicted molar refractivity (Wildman–Crippen MR) is 106 cm³/mol. The molecule has 27 heavy (non-hydrogen) atoms. The van der Waals surface area contributed by atoms with Crippen LogP contribution in [-0.2, 0) is 11.2 Å². The van der Waals surface area contributed by atoms with Crippen LogP contribution in [0.15, 0.2) is 29.4 Å². The Balaban J connectivity index is 1.57. The van der Waals surface area contributed by atoms with Crippen molar-refractivity contribution in [2.45, 2.75) is 31.8 Å². The first-order valence-corrected chi connectivity index (χ1v) is 10.2. The first-order valence-electron chi connectivity index (χ1n) is 9.19. The van der Waals surface area contributed by atoms with Crippen LogP contribution in [0.1, 0.15) is 31.7 Å². The number of thioether (sulfide) groups is 1. The maximum Gasteiger partial charge on any atom is 0.233 e. The van der Waals surface area contributed by atoms with Gasteiger partial charge in [-0.3, -0.25) is 4.79 Å². The Morgan fingerprint density at radius 3 is 2.52 bits per heavy atom.